The van der Waals surface area contributed by atoms with Crippen molar-refractivity contribution in [2.24, 2.45) is 0 Å². The van der Waals surface area contributed by atoms with Gasteiger partial charge in [0.25, 0.3) is 5.56 Å². The summed E-state index contributed by atoms with van der Waals surface area (Å²) in [6, 6.07) is 27.1. The van der Waals surface area contributed by atoms with Crippen molar-refractivity contribution in [2.45, 2.75) is 0 Å². The Morgan fingerprint density at radius 1 is 0.833 bits per heavy atom. The summed E-state index contributed by atoms with van der Waals surface area (Å²) in [5.74, 6) is 1.51. The molecule has 3 aromatic carbocycles. The van der Waals surface area contributed by atoms with Gasteiger partial charge in [0.15, 0.2) is 11.5 Å². The molecule has 176 valence electrons. The van der Waals surface area contributed by atoms with Gasteiger partial charge < -0.3 is 10.1 Å². The number of rotatable bonds is 6. The maximum atomic E-state index is 14.0. The van der Waals surface area contributed by atoms with Crippen LogP contribution in [0.15, 0.2) is 95.9 Å². The molecule has 0 amide bonds. The maximum absolute atomic E-state index is 14.0. The Hall–Kier alpha value is -5.18. The number of H-pyrrole nitrogens is 2. The molecule has 3 aromatic heterocycles. The van der Waals surface area contributed by atoms with Crippen LogP contribution in [0.25, 0.3) is 39.2 Å². The largest absolute Gasteiger partial charge is 0.497 e. The van der Waals surface area contributed by atoms with Crippen LogP contribution in [0.2, 0.25) is 0 Å². The molecule has 6 rings (SSSR count). The summed E-state index contributed by atoms with van der Waals surface area (Å²) >= 11 is 0. The molecule has 3 N–H and O–H groups in total. The van der Waals surface area contributed by atoms with Gasteiger partial charge in [-0.1, -0.05) is 72.8 Å². The fraction of sp³-hybridized carbons (Fsp3) is 0.0370. The molecular weight excluding hydrogens is 454 g/mol. The lowest BCUT2D eigenvalue weighted by atomic mass is 10.0. The molecule has 0 radical (unpaired) electrons. The second-order valence-electron chi connectivity index (χ2n) is 8.10. The van der Waals surface area contributed by atoms with Crippen molar-refractivity contribution in [3.05, 3.63) is 101 Å². The first kappa shape index (κ1) is 21.4. The highest BCUT2D eigenvalue weighted by atomic mass is 16.5. The summed E-state index contributed by atoms with van der Waals surface area (Å²) in [6.45, 7) is 0. The van der Waals surface area contributed by atoms with Gasteiger partial charge in [0.2, 0.25) is 0 Å². The normalized spacial score (nSPS) is 11.0. The number of nitrogens with one attached hydrogen (secondary N) is 3. The molecule has 6 aromatic rings. The van der Waals surface area contributed by atoms with Crippen molar-refractivity contribution in [1.29, 1.82) is 0 Å². The van der Waals surface area contributed by atoms with Gasteiger partial charge in [-0.15, -0.1) is 5.10 Å². The summed E-state index contributed by atoms with van der Waals surface area (Å²) in [5, 5.41) is 17.0. The van der Waals surface area contributed by atoms with E-state index in [0.717, 1.165) is 22.4 Å². The third-order valence-electron chi connectivity index (χ3n) is 5.95. The zero-order valence-corrected chi connectivity index (χ0v) is 19.3. The van der Waals surface area contributed by atoms with Crippen LogP contribution in [0, 0.1) is 0 Å². The highest BCUT2D eigenvalue weighted by Gasteiger charge is 2.23. The lowest BCUT2D eigenvalue weighted by molar-refractivity contribution is 0.415. The first-order valence-corrected chi connectivity index (χ1v) is 11.3. The van der Waals surface area contributed by atoms with Gasteiger partial charge in [-0.3, -0.25) is 9.89 Å². The molecule has 0 fully saturated rings. The predicted octanol–water partition coefficient (Wildman–Crippen LogP) is 4.89. The zero-order chi connectivity index (χ0) is 24.5. The fourth-order valence-corrected chi connectivity index (χ4v) is 4.26. The van der Waals surface area contributed by atoms with Crippen molar-refractivity contribution in [1.82, 2.24) is 30.0 Å². The van der Waals surface area contributed by atoms with Crippen LogP contribution in [0.4, 0.5) is 11.6 Å². The Bertz CT molecular complexity index is 1690. The van der Waals surface area contributed by atoms with Crippen LogP contribution in [0.1, 0.15) is 0 Å². The van der Waals surface area contributed by atoms with Crippen LogP contribution in [0.3, 0.4) is 0 Å². The molecule has 0 atom stereocenters. The Morgan fingerprint density at radius 3 is 2.14 bits per heavy atom. The third kappa shape index (κ3) is 3.68. The topological polar surface area (TPSA) is 113 Å². The highest BCUT2D eigenvalue weighted by Crippen LogP contribution is 2.36. The zero-order valence-electron chi connectivity index (χ0n) is 19.3. The van der Waals surface area contributed by atoms with E-state index in [9.17, 15) is 4.79 Å². The molecule has 9 heteroatoms. The van der Waals surface area contributed by atoms with Crippen LogP contribution >= 0.6 is 0 Å². The number of nitrogens with zero attached hydrogens (tertiary/aromatic N) is 4. The Kier molecular flexibility index (Phi) is 5.27. The number of hydrogen-bond donors (Lipinski definition) is 3. The number of hydrogen-bond acceptors (Lipinski definition) is 6. The minimum atomic E-state index is -0.254. The van der Waals surface area contributed by atoms with Crippen LogP contribution in [-0.4, -0.2) is 37.1 Å². The quantitative estimate of drug-likeness (QED) is 0.316. The number of ether oxygens (including phenoxy) is 1. The van der Waals surface area contributed by atoms with Crippen molar-refractivity contribution in [3.63, 3.8) is 0 Å². The van der Waals surface area contributed by atoms with E-state index >= 15 is 0 Å². The fourth-order valence-electron chi connectivity index (χ4n) is 4.26. The van der Waals surface area contributed by atoms with Crippen LogP contribution in [0.5, 0.6) is 5.75 Å². The summed E-state index contributed by atoms with van der Waals surface area (Å²) in [4.78, 5) is 19.0. The van der Waals surface area contributed by atoms with E-state index in [1.165, 1.54) is 10.7 Å². The Labute approximate surface area is 205 Å². The van der Waals surface area contributed by atoms with Gasteiger partial charge in [0.1, 0.15) is 11.6 Å². The lowest BCUT2D eigenvalue weighted by Crippen LogP contribution is -2.19. The Balaban J connectivity index is 1.67. The van der Waals surface area contributed by atoms with Gasteiger partial charge in [0, 0.05) is 5.56 Å². The van der Waals surface area contributed by atoms with E-state index in [2.05, 4.69) is 25.8 Å². The average Bonchev–Trinajstić information content (AvgIpc) is 3.58. The van der Waals surface area contributed by atoms with Crippen molar-refractivity contribution in [2.75, 3.05) is 12.4 Å². The molecule has 0 aliphatic carbocycles. The van der Waals surface area contributed by atoms with E-state index in [1.807, 2.05) is 84.9 Å². The van der Waals surface area contributed by atoms with Crippen LogP contribution < -0.4 is 15.6 Å². The van der Waals surface area contributed by atoms with Gasteiger partial charge in [-0.25, -0.2) is 4.98 Å². The monoisotopic (exact) mass is 475 g/mol. The molecule has 0 aliphatic rings. The average molecular weight is 476 g/mol. The number of benzene rings is 3. The van der Waals surface area contributed by atoms with Gasteiger partial charge >= 0.3 is 0 Å². The SMILES string of the molecule is COc1ccc(-c2c(Nc3cn[nH]n3)nc3c(-c4ccccc4)c(-c4ccccc4)[nH]n3c2=O)cc1. The maximum Gasteiger partial charge on any atom is 0.282 e. The number of aromatic amines is 2. The van der Waals surface area contributed by atoms with Crippen molar-refractivity contribution in [3.8, 4) is 39.3 Å². The molecule has 9 nitrogen and oxygen atoms in total. The number of aromatic nitrogens is 6. The van der Waals surface area contributed by atoms with Gasteiger partial charge in [-0.05, 0) is 23.3 Å². The minimum absolute atomic E-state index is 0.254. The molecule has 0 saturated heterocycles. The van der Waals surface area contributed by atoms with E-state index in [1.54, 1.807) is 7.11 Å². The molecule has 0 bridgehead atoms. The summed E-state index contributed by atoms with van der Waals surface area (Å²) in [7, 11) is 1.60. The lowest BCUT2D eigenvalue weighted by Gasteiger charge is -2.11. The standard InChI is InChI=1S/C27H21N7O2/c1-36-20-14-12-18(13-15-20)23-25(29-21-16-28-33-31-21)30-26-22(17-8-4-2-5-9-17)24(32-34(26)27(23)35)19-10-6-3-7-11-19/h2-16,32H,1H3,(H2,28,29,31,33). The molecule has 0 unspecified atom stereocenters. The molecule has 0 aliphatic heterocycles. The second-order valence-corrected chi connectivity index (χ2v) is 8.10. The van der Waals surface area contributed by atoms with Gasteiger partial charge in [-0.2, -0.15) is 14.8 Å². The van der Waals surface area contributed by atoms with Crippen LogP contribution in [-0.2, 0) is 0 Å². The van der Waals surface area contributed by atoms with Crippen molar-refractivity contribution >= 4 is 17.3 Å². The predicted molar refractivity (Wildman–Crippen MR) is 138 cm³/mol. The highest BCUT2D eigenvalue weighted by molar-refractivity contribution is 5.92. The first-order chi connectivity index (χ1) is 17.7. The number of fused-ring (bicyclic) bond motifs is 1. The van der Waals surface area contributed by atoms with E-state index in [0.29, 0.717) is 34.2 Å². The minimum Gasteiger partial charge on any atom is -0.497 e. The third-order valence-corrected chi connectivity index (χ3v) is 5.95. The van der Waals surface area contributed by atoms with Gasteiger partial charge in [0.05, 0.1) is 30.1 Å². The van der Waals surface area contributed by atoms with E-state index in [-0.39, 0.29) is 5.56 Å². The second kappa shape index (κ2) is 8.88. The summed E-state index contributed by atoms with van der Waals surface area (Å²) in [6.07, 6.45) is 1.53. The first-order valence-electron chi connectivity index (χ1n) is 11.3. The molecular formula is C27H21N7O2. The summed E-state index contributed by atoms with van der Waals surface area (Å²) in [5.41, 5.74) is 4.81. The van der Waals surface area contributed by atoms with E-state index < -0.39 is 0 Å². The number of anilines is 2. The van der Waals surface area contributed by atoms with E-state index in [4.69, 9.17) is 9.72 Å². The number of methoxy groups -OCH3 is 1. The smallest absolute Gasteiger partial charge is 0.282 e. The molecule has 36 heavy (non-hydrogen) atoms. The Morgan fingerprint density at radius 2 is 1.50 bits per heavy atom. The molecule has 0 saturated carbocycles. The van der Waals surface area contributed by atoms with Crippen molar-refractivity contribution < 1.29 is 4.74 Å². The molecule has 3 heterocycles. The molecule has 0 spiro atoms. The summed E-state index contributed by atoms with van der Waals surface area (Å²) < 4.78 is 6.79.